The fourth-order valence-corrected chi connectivity index (χ4v) is 5.74. The third-order valence-corrected chi connectivity index (χ3v) is 7.27. The van der Waals surface area contributed by atoms with Crippen molar-refractivity contribution in [2.45, 2.75) is 31.2 Å². The molecular formula is C18H23N3O3S2. The summed E-state index contributed by atoms with van der Waals surface area (Å²) in [6.45, 7) is 4.18. The number of hydrogen-bond acceptors (Lipinski definition) is 5. The van der Waals surface area contributed by atoms with Crippen molar-refractivity contribution in [3.8, 4) is 0 Å². The standard InChI is InChI=1S/C18H23N3O3S2/c1-13-17(14(2)21(20-13)15-8-11-26(23,24)12-15)18(22)19-9-10-25-16-6-4-3-5-7-16/h3-7,15H,8-12H2,1-2H3,(H,19,22)/t15-/m0/s1. The van der Waals surface area contributed by atoms with Crippen LogP contribution in [-0.2, 0) is 9.84 Å². The first kappa shape index (κ1) is 19.0. The van der Waals surface area contributed by atoms with Gasteiger partial charge in [-0.3, -0.25) is 9.48 Å². The number of benzene rings is 1. The Morgan fingerprint density at radius 3 is 2.69 bits per heavy atom. The van der Waals surface area contributed by atoms with Gasteiger partial charge in [-0.1, -0.05) is 18.2 Å². The maximum absolute atomic E-state index is 12.6. The van der Waals surface area contributed by atoms with Crippen LogP contribution in [0.2, 0.25) is 0 Å². The number of nitrogens with zero attached hydrogens (tertiary/aromatic N) is 2. The normalized spacial score (nSPS) is 18.8. The van der Waals surface area contributed by atoms with Crippen LogP contribution in [0.25, 0.3) is 0 Å². The number of amides is 1. The Morgan fingerprint density at radius 2 is 2.04 bits per heavy atom. The van der Waals surface area contributed by atoms with Crippen LogP contribution in [0.1, 0.15) is 34.2 Å². The highest BCUT2D eigenvalue weighted by Crippen LogP contribution is 2.26. The Bertz CT molecular complexity index is 892. The Hall–Kier alpha value is -1.80. The predicted molar refractivity (Wildman–Crippen MR) is 104 cm³/mol. The zero-order valence-electron chi connectivity index (χ0n) is 14.9. The number of carbonyl (C=O) groups is 1. The van der Waals surface area contributed by atoms with Crippen molar-refractivity contribution in [1.29, 1.82) is 0 Å². The molecule has 0 bridgehead atoms. The number of thioether (sulfide) groups is 1. The second kappa shape index (κ2) is 7.84. The molecule has 1 aromatic heterocycles. The van der Waals surface area contributed by atoms with E-state index in [1.54, 1.807) is 23.4 Å². The molecule has 1 aliphatic heterocycles. The molecule has 0 saturated carbocycles. The smallest absolute Gasteiger partial charge is 0.255 e. The molecule has 26 heavy (non-hydrogen) atoms. The van der Waals surface area contributed by atoms with E-state index in [1.807, 2.05) is 37.3 Å². The summed E-state index contributed by atoms with van der Waals surface area (Å²) in [6, 6.07) is 9.87. The van der Waals surface area contributed by atoms with E-state index in [0.717, 1.165) is 11.4 Å². The Morgan fingerprint density at radius 1 is 1.31 bits per heavy atom. The van der Waals surface area contributed by atoms with E-state index < -0.39 is 9.84 Å². The molecule has 3 rings (SSSR count). The lowest BCUT2D eigenvalue weighted by atomic mass is 10.1. The summed E-state index contributed by atoms with van der Waals surface area (Å²) in [5, 5.41) is 7.38. The number of carbonyl (C=O) groups excluding carboxylic acids is 1. The van der Waals surface area contributed by atoms with E-state index in [1.165, 1.54) is 4.90 Å². The van der Waals surface area contributed by atoms with Gasteiger partial charge in [-0.15, -0.1) is 11.8 Å². The summed E-state index contributed by atoms with van der Waals surface area (Å²) in [5.41, 5.74) is 1.93. The first-order valence-electron chi connectivity index (χ1n) is 8.59. The van der Waals surface area contributed by atoms with Gasteiger partial charge in [0.2, 0.25) is 0 Å². The van der Waals surface area contributed by atoms with Gasteiger partial charge in [0, 0.05) is 22.9 Å². The first-order chi connectivity index (χ1) is 12.4. The molecule has 1 aromatic carbocycles. The topological polar surface area (TPSA) is 81.1 Å². The molecule has 1 N–H and O–H groups in total. The van der Waals surface area contributed by atoms with Gasteiger partial charge in [0.1, 0.15) is 0 Å². The lowest BCUT2D eigenvalue weighted by Crippen LogP contribution is -2.27. The van der Waals surface area contributed by atoms with E-state index in [4.69, 9.17) is 0 Å². The van der Waals surface area contributed by atoms with Gasteiger partial charge in [-0.05, 0) is 32.4 Å². The minimum Gasteiger partial charge on any atom is -0.351 e. The summed E-state index contributed by atoms with van der Waals surface area (Å²) < 4.78 is 25.2. The van der Waals surface area contributed by atoms with E-state index in [-0.39, 0.29) is 23.5 Å². The van der Waals surface area contributed by atoms with Crippen molar-refractivity contribution in [3.05, 3.63) is 47.3 Å². The maximum Gasteiger partial charge on any atom is 0.255 e. The van der Waals surface area contributed by atoms with Crippen molar-refractivity contribution >= 4 is 27.5 Å². The Kier molecular flexibility index (Phi) is 5.72. The minimum absolute atomic E-state index is 0.101. The number of nitrogens with one attached hydrogen (secondary N) is 1. The van der Waals surface area contributed by atoms with Crippen LogP contribution in [0.3, 0.4) is 0 Å². The fraction of sp³-hybridized carbons (Fsp3) is 0.444. The van der Waals surface area contributed by atoms with E-state index in [0.29, 0.717) is 24.2 Å². The molecule has 1 fully saturated rings. The van der Waals surface area contributed by atoms with Gasteiger partial charge >= 0.3 is 0 Å². The molecule has 1 aliphatic rings. The lowest BCUT2D eigenvalue weighted by molar-refractivity contribution is 0.0955. The van der Waals surface area contributed by atoms with Crippen molar-refractivity contribution in [2.75, 3.05) is 23.8 Å². The van der Waals surface area contributed by atoms with E-state index >= 15 is 0 Å². The van der Waals surface area contributed by atoms with Crippen molar-refractivity contribution < 1.29 is 13.2 Å². The summed E-state index contributed by atoms with van der Waals surface area (Å²) >= 11 is 1.69. The van der Waals surface area contributed by atoms with Gasteiger partial charge in [0.15, 0.2) is 9.84 Å². The molecule has 140 valence electrons. The number of aryl methyl sites for hydroxylation is 1. The largest absolute Gasteiger partial charge is 0.351 e. The fourth-order valence-electron chi connectivity index (χ4n) is 3.25. The molecule has 1 saturated heterocycles. The molecule has 1 amide bonds. The molecule has 8 heteroatoms. The van der Waals surface area contributed by atoms with Crippen LogP contribution < -0.4 is 5.32 Å². The second-order valence-electron chi connectivity index (χ2n) is 6.46. The number of hydrogen-bond donors (Lipinski definition) is 1. The second-order valence-corrected chi connectivity index (χ2v) is 9.86. The van der Waals surface area contributed by atoms with Crippen molar-refractivity contribution in [1.82, 2.24) is 15.1 Å². The third kappa shape index (κ3) is 4.29. The molecule has 2 heterocycles. The van der Waals surface area contributed by atoms with Crippen LogP contribution >= 0.6 is 11.8 Å². The molecular weight excluding hydrogens is 370 g/mol. The van der Waals surface area contributed by atoms with Gasteiger partial charge in [0.25, 0.3) is 5.91 Å². The van der Waals surface area contributed by atoms with Crippen LogP contribution in [0.15, 0.2) is 35.2 Å². The maximum atomic E-state index is 12.6. The van der Waals surface area contributed by atoms with Crippen LogP contribution in [-0.4, -0.2) is 47.9 Å². The highest BCUT2D eigenvalue weighted by atomic mass is 32.2. The van der Waals surface area contributed by atoms with Gasteiger partial charge in [0.05, 0.1) is 28.8 Å². The van der Waals surface area contributed by atoms with E-state index in [2.05, 4.69) is 10.4 Å². The average molecular weight is 394 g/mol. The number of aromatic nitrogens is 2. The monoisotopic (exact) mass is 393 g/mol. The molecule has 0 spiro atoms. The molecule has 0 aliphatic carbocycles. The first-order valence-corrected chi connectivity index (χ1v) is 11.4. The zero-order chi connectivity index (χ0) is 18.7. The average Bonchev–Trinajstić information content (AvgIpc) is 3.11. The molecule has 0 radical (unpaired) electrons. The zero-order valence-corrected chi connectivity index (χ0v) is 16.6. The van der Waals surface area contributed by atoms with Crippen molar-refractivity contribution in [3.63, 3.8) is 0 Å². The number of sulfone groups is 1. The quantitative estimate of drug-likeness (QED) is 0.602. The van der Waals surface area contributed by atoms with Crippen LogP contribution in [0, 0.1) is 13.8 Å². The summed E-state index contributed by atoms with van der Waals surface area (Å²) in [4.78, 5) is 13.7. The summed E-state index contributed by atoms with van der Waals surface area (Å²) in [7, 11) is -2.99. The summed E-state index contributed by atoms with van der Waals surface area (Å²) in [5.74, 6) is 0.918. The molecule has 0 unspecified atom stereocenters. The van der Waals surface area contributed by atoms with Crippen molar-refractivity contribution in [2.24, 2.45) is 0 Å². The minimum atomic E-state index is -2.99. The summed E-state index contributed by atoms with van der Waals surface area (Å²) in [6.07, 6.45) is 0.555. The highest BCUT2D eigenvalue weighted by molar-refractivity contribution is 7.99. The Labute approximate surface area is 158 Å². The van der Waals surface area contributed by atoms with Gasteiger partial charge < -0.3 is 5.32 Å². The van der Waals surface area contributed by atoms with Gasteiger partial charge in [-0.25, -0.2) is 8.42 Å². The van der Waals surface area contributed by atoms with Gasteiger partial charge in [-0.2, -0.15) is 5.10 Å². The molecule has 6 nitrogen and oxygen atoms in total. The lowest BCUT2D eigenvalue weighted by Gasteiger charge is -2.11. The third-order valence-electron chi connectivity index (χ3n) is 4.51. The Balaban J connectivity index is 1.61. The SMILES string of the molecule is Cc1nn([C@H]2CCS(=O)(=O)C2)c(C)c1C(=O)NCCSc1ccccc1. The van der Waals surface area contributed by atoms with Crippen LogP contribution in [0.5, 0.6) is 0 Å². The van der Waals surface area contributed by atoms with Crippen LogP contribution in [0.4, 0.5) is 0 Å². The molecule has 2 aromatic rings. The predicted octanol–water partition coefficient (Wildman–Crippen LogP) is 2.38. The van der Waals surface area contributed by atoms with E-state index in [9.17, 15) is 13.2 Å². The number of rotatable bonds is 6. The highest BCUT2D eigenvalue weighted by Gasteiger charge is 2.32. The molecule has 1 atom stereocenters.